The van der Waals surface area contributed by atoms with Crippen LogP contribution in [-0.4, -0.2) is 33.3 Å². The molecule has 0 fully saturated rings. The van der Waals surface area contributed by atoms with E-state index in [1.165, 1.54) is 24.3 Å². The normalized spacial score (nSPS) is 13.6. The lowest BCUT2D eigenvalue weighted by Gasteiger charge is -2.19. The van der Waals surface area contributed by atoms with E-state index < -0.39 is 23.1 Å². The van der Waals surface area contributed by atoms with Gasteiger partial charge in [0.2, 0.25) is 6.10 Å². The van der Waals surface area contributed by atoms with E-state index in [-0.39, 0.29) is 17.9 Å². The molecule has 19 heavy (non-hydrogen) atoms. The van der Waals surface area contributed by atoms with Crippen LogP contribution in [0.2, 0.25) is 0 Å². The zero-order valence-corrected chi connectivity index (χ0v) is 10.4. The summed E-state index contributed by atoms with van der Waals surface area (Å²) < 4.78 is 5.09. The number of nitro groups is 1. The number of rotatable bonds is 7. The molecule has 0 aliphatic carbocycles. The van der Waals surface area contributed by atoms with Crippen molar-refractivity contribution >= 4 is 11.7 Å². The SMILES string of the molecule is CCCC(O)C(Oc1ccccc1[N+](=O)[O-])C(=O)O. The number of para-hydroxylation sites is 2. The minimum atomic E-state index is -1.53. The Morgan fingerprint density at radius 2 is 2.11 bits per heavy atom. The van der Waals surface area contributed by atoms with E-state index in [0.717, 1.165) is 0 Å². The van der Waals surface area contributed by atoms with Crippen LogP contribution in [0.5, 0.6) is 5.75 Å². The number of aliphatic hydroxyl groups is 1. The predicted molar refractivity (Wildman–Crippen MR) is 66.1 cm³/mol. The Balaban J connectivity index is 2.97. The highest BCUT2D eigenvalue weighted by Crippen LogP contribution is 2.27. The van der Waals surface area contributed by atoms with E-state index >= 15 is 0 Å². The number of carbonyl (C=O) groups is 1. The number of benzene rings is 1. The Morgan fingerprint density at radius 3 is 2.63 bits per heavy atom. The van der Waals surface area contributed by atoms with Gasteiger partial charge in [-0.05, 0) is 12.5 Å². The largest absolute Gasteiger partial charge is 0.478 e. The van der Waals surface area contributed by atoms with Gasteiger partial charge in [-0.3, -0.25) is 10.1 Å². The van der Waals surface area contributed by atoms with E-state index in [1.807, 2.05) is 0 Å². The van der Waals surface area contributed by atoms with Crippen molar-refractivity contribution in [1.82, 2.24) is 0 Å². The van der Waals surface area contributed by atoms with E-state index in [4.69, 9.17) is 9.84 Å². The third-order valence-corrected chi connectivity index (χ3v) is 2.49. The molecular weight excluding hydrogens is 254 g/mol. The maximum absolute atomic E-state index is 11.0. The molecule has 0 saturated carbocycles. The van der Waals surface area contributed by atoms with Crippen LogP contribution in [0.15, 0.2) is 24.3 Å². The lowest BCUT2D eigenvalue weighted by molar-refractivity contribution is -0.386. The molecule has 7 nitrogen and oxygen atoms in total. The summed E-state index contributed by atoms with van der Waals surface area (Å²) in [5, 5.41) is 29.5. The molecule has 0 aromatic heterocycles. The molecule has 0 aliphatic rings. The Kier molecular flexibility index (Phi) is 5.25. The fourth-order valence-corrected chi connectivity index (χ4v) is 1.59. The minimum Gasteiger partial charge on any atom is -0.478 e. The highest BCUT2D eigenvalue weighted by atomic mass is 16.6. The van der Waals surface area contributed by atoms with E-state index in [9.17, 15) is 20.0 Å². The van der Waals surface area contributed by atoms with Crippen LogP contribution >= 0.6 is 0 Å². The third-order valence-electron chi connectivity index (χ3n) is 2.49. The molecule has 1 rings (SSSR count). The average molecular weight is 269 g/mol. The first kappa shape index (κ1) is 14.9. The number of aliphatic carboxylic acids is 1. The molecule has 0 aliphatic heterocycles. The van der Waals surface area contributed by atoms with Crippen LogP contribution in [0.4, 0.5) is 5.69 Å². The first-order valence-corrected chi connectivity index (χ1v) is 5.78. The van der Waals surface area contributed by atoms with Crippen molar-refractivity contribution in [3.8, 4) is 5.75 Å². The summed E-state index contributed by atoms with van der Waals surface area (Å²) in [4.78, 5) is 21.2. The molecule has 0 bridgehead atoms. The molecule has 1 aromatic rings. The molecule has 2 atom stereocenters. The molecule has 2 N–H and O–H groups in total. The summed E-state index contributed by atoms with van der Waals surface area (Å²) in [5.41, 5.74) is -0.336. The lowest BCUT2D eigenvalue weighted by atomic mass is 10.1. The minimum absolute atomic E-state index is 0.171. The molecule has 1 aromatic carbocycles. The van der Waals surface area contributed by atoms with Crippen molar-refractivity contribution in [2.24, 2.45) is 0 Å². The summed E-state index contributed by atoms with van der Waals surface area (Å²) in [7, 11) is 0. The number of carboxylic acids is 1. The summed E-state index contributed by atoms with van der Waals surface area (Å²) in [6.07, 6.45) is -1.94. The van der Waals surface area contributed by atoms with Crippen molar-refractivity contribution < 1.29 is 24.7 Å². The molecule has 0 saturated heterocycles. The van der Waals surface area contributed by atoms with Gasteiger partial charge in [-0.15, -0.1) is 0 Å². The third kappa shape index (κ3) is 3.92. The highest BCUT2D eigenvalue weighted by Gasteiger charge is 2.30. The molecule has 7 heteroatoms. The van der Waals surface area contributed by atoms with Crippen molar-refractivity contribution in [3.05, 3.63) is 34.4 Å². The maximum atomic E-state index is 11.0. The molecule has 0 spiro atoms. The first-order chi connectivity index (χ1) is 8.97. The Bertz CT molecular complexity index is 461. The highest BCUT2D eigenvalue weighted by molar-refractivity contribution is 5.73. The number of nitro benzene ring substituents is 1. The molecule has 0 radical (unpaired) electrons. The fraction of sp³-hybridized carbons (Fsp3) is 0.417. The van der Waals surface area contributed by atoms with Gasteiger partial charge in [0.05, 0.1) is 4.92 Å². The second-order valence-corrected chi connectivity index (χ2v) is 3.96. The molecular formula is C12H15NO6. The van der Waals surface area contributed by atoms with Gasteiger partial charge in [0.25, 0.3) is 0 Å². The van der Waals surface area contributed by atoms with Crippen LogP contribution in [0.1, 0.15) is 19.8 Å². The van der Waals surface area contributed by atoms with Crippen molar-refractivity contribution in [1.29, 1.82) is 0 Å². The Labute approximate surface area is 109 Å². The summed E-state index contributed by atoms with van der Waals surface area (Å²) >= 11 is 0. The topological polar surface area (TPSA) is 110 Å². The number of carboxylic acid groups (broad SMARTS) is 1. The van der Waals surface area contributed by atoms with Gasteiger partial charge in [0, 0.05) is 6.07 Å². The lowest BCUT2D eigenvalue weighted by Crippen LogP contribution is -2.39. The van der Waals surface area contributed by atoms with Crippen LogP contribution in [0.25, 0.3) is 0 Å². The van der Waals surface area contributed by atoms with Crippen LogP contribution in [-0.2, 0) is 4.79 Å². The van der Waals surface area contributed by atoms with E-state index in [2.05, 4.69) is 0 Å². The Morgan fingerprint density at radius 1 is 1.47 bits per heavy atom. The van der Waals surface area contributed by atoms with Crippen LogP contribution < -0.4 is 4.74 Å². The van der Waals surface area contributed by atoms with Crippen molar-refractivity contribution in [2.45, 2.75) is 32.0 Å². The average Bonchev–Trinajstić information content (AvgIpc) is 2.36. The number of aliphatic hydroxyl groups excluding tert-OH is 1. The fourth-order valence-electron chi connectivity index (χ4n) is 1.59. The smallest absolute Gasteiger partial charge is 0.347 e. The van der Waals surface area contributed by atoms with Gasteiger partial charge in [-0.25, -0.2) is 4.79 Å². The number of hydrogen-bond acceptors (Lipinski definition) is 5. The van der Waals surface area contributed by atoms with Gasteiger partial charge in [-0.1, -0.05) is 25.5 Å². The summed E-state index contributed by atoms with van der Waals surface area (Å²) in [6, 6.07) is 5.45. The second kappa shape index (κ2) is 6.69. The first-order valence-electron chi connectivity index (χ1n) is 5.78. The predicted octanol–water partition coefficient (Wildman–Crippen LogP) is 1.59. The van der Waals surface area contributed by atoms with E-state index in [0.29, 0.717) is 6.42 Å². The van der Waals surface area contributed by atoms with Crippen molar-refractivity contribution in [2.75, 3.05) is 0 Å². The number of hydrogen-bond donors (Lipinski definition) is 2. The molecule has 2 unspecified atom stereocenters. The molecule has 0 heterocycles. The zero-order valence-electron chi connectivity index (χ0n) is 10.4. The van der Waals surface area contributed by atoms with Gasteiger partial charge < -0.3 is 14.9 Å². The van der Waals surface area contributed by atoms with Gasteiger partial charge >= 0.3 is 11.7 Å². The van der Waals surface area contributed by atoms with Gasteiger partial charge in [-0.2, -0.15) is 0 Å². The number of nitrogens with zero attached hydrogens (tertiary/aromatic N) is 1. The maximum Gasteiger partial charge on any atom is 0.347 e. The van der Waals surface area contributed by atoms with Gasteiger partial charge in [0.1, 0.15) is 6.10 Å². The second-order valence-electron chi connectivity index (χ2n) is 3.96. The van der Waals surface area contributed by atoms with Crippen LogP contribution in [0, 0.1) is 10.1 Å². The van der Waals surface area contributed by atoms with E-state index in [1.54, 1.807) is 6.92 Å². The quantitative estimate of drug-likeness (QED) is 0.574. The monoisotopic (exact) mass is 269 g/mol. The zero-order chi connectivity index (χ0) is 14.4. The standard InChI is InChI=1S/C12H15NO6/c1-2-5-9(14)11(12(15)16)19-10-7-4-3-6-8(10)13(17)18/h3-4,6-7,9,11,14H,2,5H2,1H3,(H,15,16). The summed E-state index contributed by atoms with van der Waals surface area (Å²) in [5.74, 6) is -1.53. The molecule has 0 amide bonds. The summed E-state index contributed by atoms with van der Waals surface area (Å²) in [6.45, 7) is 1.78. The molecule has 104 valence electrons. The van der Waals surface area contributed by atoms with Crippen LogP contribution in [0.3, 0.4) is 0 Å². The van der Waals surface area contributed by atoms with Crippen molar-refractivity contribution in [3.63, 3.8) is 0 Å². The number of ether oxygens (including phenoxy) is 1. The van der Waals surface area contributed by atoms with Gasteiger partial charge in [0.15, 0.2) is 5.75 Å². The Hall–Kier alpha value is -2.15.